The minimum absolute atomic E-state index is 0.969. The van der Waals surface area contributed by atoms with Crippen LogP contribution < -0.4 is 0 Å². The van der Waals surface area contributed by atoms with Crippen molar-refractivity contribution in [3.8, 4) is 0 Å². The Hall–Kier alpha value is -2.22. The molecular formula is C15H12N2. The van der Waals surface area contributed by atoms with E-state index in [0.29, 0.717) is 0 Å². The molecule has 17 heavy (non-hydrogen) atoms. The number of allylic oxidation sites excluding steroid dienone is 1. The van der Waals surface area contributed by atoms with Gasteiger partial charge in [0.15, 0.2) is 0 Å². The van der Waals surface area contributed by atoms with Gasteiger partial charge < -0.3 is 0 Å². The maximum Gasteiger partial charge on any atom is 0.0964 e. The third-order valence-electron chi connectivity index (χ3n) is 2.80. The summed E-state index contributed by atoms with van der Waals surface area (Å²) in [5.41, 5.74) is 3.06. The van der Waals surface area contributed by atoms with Gasteiger partial charge in [-0.2, -0.15) is 0 Å². The fourth-order valence-corrected chi connectivity index (χ4v) is 2.04. The number of hydrogen-bond donors (Lipinski definition) is 0. The van der Waals surface area contributed by atoms with E-state index in [1.54, 1.807) is 0 Å². The lowest BCUT2D eigenvalue weighted by Gasteiger charge is -2.02. The first-order chi connectivity index (χ1) is 8.38. The van der Waals surface area contributed by atoms with Crippen molar-refractivity contribution >= 4 is 27.9 Å². The van der Waals surface area contributed by atoms with Gasteiger partial charge in [-0.1, -0.05) is 30.4 Å². The Morgan fingerprint density at radius 2 is 1.82 bits per heavy atom. The van der Waals surface area contributed by atoms with Crippen molar-refractivity contribution in [1.29, 1.82) is 0 Å². The van der Waals surface area contributed by atoms with Crippen molar-refractivity contribution in [3.05, 3.63) is 54.4 Å². The molecule has 0 atom stereocenters. The van der Waals surface area contributed by atoms with Crippen LogP contribution >= 0.6 is 0 Å². The van der Waals surface area contributed by atoms with Crippen molar-refractivity contribution in [2.45, 2.75) is 6.92 Å². The molecule has 2 nitrogen and oxygen atoms in total. The first-order valence-corrected chi connectivity index (χ1v) is 5.65. The number of aromatic nitrogens is 2. The van der Waals surface area contributed by atoms with Crippen LogP contribution in [0, 0.1) is 0 Å². The molecule has 0 radical (unpaired) electrons. The average molecular weight is 220 g/mol. The topological polar surface area (TPSA) is 25.8 Å². The van der Waals surface area contributed by atoms with Gasteiger partial charge in [-0.3, -0.25) is 9.97 Å². The van der Waals surface area contributed by atoms with Crippen molar-refractivity contribution in [2.24, 2.45) is 0 Å². The molecular weight excluding hydrogens is 208 g/mol. The molecule has 3 rings (SSSR count). The lowest BCUT2D eigenvalue weighted by Crippen LogP contribution is -1.85. The van der Waals surface area contributed by atoms with Gasteiger partial charge in [0, 0.05) is 23.2 Å². The second-order valence-corrected chi connectivity index (χ2v) is 3.98. The Kier molecular flexibility index (Phi) is 2.33. The second kappa shape index (κ2) is 3.98. The maximum absolute atomic E-state index is 4.51. The van der Waals surface area contributed by atoms with Gasteiger partial charge in [-0.05, 0) is 24.6 Å². The van der Waals surface area contributed by atoms with Crippen LogP contribution in [0.5, 0.6) is 0 Å². The van der Waals surface area contributed by atoms with E-state index in [2.05, 4.69) is 40.3 Å². The van der Waals surface area contributed by atoms with E-state index in [0.717, 1.165) is 27.4 Å². The lowest BCUT2D eigenvalue weighted by molar-refractivity contribution is 1.37. The summed E-state index contributed by atoms with van der Waals surface area (Å²) in [6, 6.07) is 10.3. The Bertz CT molecular complexity index is 714. The Morgan fingerprint density at radius 1 is 1.00 bits per heavy atom. The quantitative estimate of drug-likeness (QED) is 0.583. The van der Waals surface area contributed by atoms with E-state index in [9.17, 15) is 0 Å². The van der Waals surface area contributed by atoms with Gasteiger partial charge in [0.25, 0.3) is 0 Å². The summed E-state index contributed by atoms with van der Waals surface area (Å²) in [6.07, 6.45) is 7.76. The van der Waals surface area contributed by atoms with Gasteiger partial charge in [0.1, 0.15) is 0 Å². The molecule has 0 aliphatic carbocycles. The Labute approximate surface area is 99.6 Å². The van der Waals surface area contributed by atoms with Crippen LogP contribution in [0.3, 0.4) is 0 Å². The number of pyridine rings is 2. The number of fused-ring (bicyclic) bond motifs is 3. The van der Waals surface area contributed by atoms with E-state index >= 15 is 0 Å². The Morgan fingerprint density at radius 3 is 2.71 bits per heavy atom. The largest absolute Gasteiger partial charge is 0.254 e. The summed E-state index contributed by atoms with van der Waals surface area (Å²) in [5, 5.41) is 2.26. The molecule has 0 saturated heterocycles. The van der Waals surface area contributed by atoms with Crippen molar-refractivity contribution in [1.82, 2.24) is 9.97 Å². The zero-order valence-corrected chi connectivity index (χ0v) is 9.59. The highest BCUT2D eigenvalue weighted by Gasteiger charge is 2.02. The van der Waals surface area contributed by atoms with E-state index in [1.165, 1.54) is 0 Å². The molecule has 0 spiro atoms. The molecule has 82 valence electrons. The lowest BCUT2D eigenvalue weighted by atomic mass is 10.1. The zero-order valence-electron chi connectivity index (χ0n) is 9.59. The molecule has 0 bridgehead atoms. The summed E-state index contributed by atoms with van der Waals surface area (Å²) in [6.45, 7) is 2.01. The highest BCUT2D eigenvalue weighted by molar-refractivity contribution is 6.02. The molecule has 2 heterocycles. The third-order valence-corrected chi connectivity index (χ3v) is 2.80. The average Bonchev–Trinajstić information content (AvgIpc) is 2.39. The maximum atomic E-state index is 4.51. The minimum atomic E-state index is 0.969. The molecule has 0 aliphatic heterocycles. The highest BCUT2D eigenvalue weighted by Crippen LogP contribution is 2.22. The minimum Gasteiger partial charge on any atom is -0.254 e. The van der Waals surface area contributed by atoms with Crippen molar-refractivity contribution < 1.29 is 0 Å². The Balaban J connectivity index is 2.37. The summed E-state index contributed by atoms with van der Waals surface area (Å²) in [4.78, 5) is 8.92. The standard InChI is InChI=1S/C15H12N2/c1-2-4-11-9-13-7-6-12-5-3-8-16-14(12)15(13)17-10-11/h2-10H,1H3. The SMILES string of the molecule is CC=Cc1cnc2c(ccc3cccnc32)c1. The fourth-order valence-electron chi connectivity index (χ4n) is 2.04. The third kappa shape index (κ3) is 1.68. The molecule has 0 amide bonds. The van der Waals surface area contributed by atoms with Gasteiger partial charge in [-0.15, -0.1) is 0 Å². The van der Waals surface area contributed by atoms with Crippen LogP contribution in [-0.2, 0) is 0 Å². The van der Waals surface area contributed by atoms with E-state index in [1.807, 2.05) is 31.5 Å². The van der Waals surface area contributed by atoms with Gasteiger partial charge in [0.05, 0.1) is 11.0 Å². The van der Waals surface area contributed by atoms with Crippen LogP contribution in [0.4, 0.5) is 0 Å². The highest BCUT2D eigenvalue weighted by atomic mass is 14.7. The summed E-state index contributed by atoms with van der Waals surface area (Å²) >= 11 is 0. The summed E-state index contributed by atoms with van der Waals surface area (Å²) in [7, 11) is 0. The van der Waals surface area contributed by atoms with Crippen molar-refractivity contribution in [2.75, 3.05) is 0 Å². The van der Waals surface area contributed by atoms with Crippen LogP contribution in [0.1, 0.15) is 12.5 Å². The molecule has 0 aliphatic rings. The molecule has 1 aromatic carbocycles. The molecule has 2 aromatic heterocycles. The molecule has 0 N–H and O–H groups in total. The molecule has 2 heteroatoms. The smallest absolute Gasteiger partial charge is 0.0964 e. The predicted octanol–water partition coefficient (Wildman–Crippen LogP) is 3.82. The van der Waals surface area contributed by atoms with E-state index in [-0.39, 0.29) is 0 Å². The van der Waals surface area contributed by atoms with Crippen molar-refractivity contribution in [3.63, 3.8) is 0 Å². The van der Waals surface area contributed by atoms with E-state index in [4.69, 9.17) is 0 Å². The fraction of sp³-hybridized carbons (Fsp3) is 0.0667. The molecule has 0 saturated carbocycles. The molecule has 3 aromatic rings. The number of nitrogens with zero attached hydrogens (tertiary/aromatic N) is 2. The second-order valence-electron chi connectivity index (χ2n) is 3.98. The van der Waals surface area contributed by atoms with Crippen LogP contribution in [0.25, 0.3) is 27.9 Å². The summed E-state index contributed by atoms with van der Waals surface area (Å²) < 4.78 is 0. The number of rotatable bonds is 1. The van der Waals surface area contributed by atoms with Crippen LogP contribution in [0.2, 0.25) is 0 Å². The van der Waals surface area contributed by atoms with Gasteiger partial charge in [0.2, 0.25) is 0 Å². The monoisotopic (exact) mass is 220 g/mol. The normalized spacial score (nSPS) is 11.6. The van der Waals surface area contributed by atoms with Gasteiger partial charge >= 0.3 is 0 Å². The first-order valence-electron chi connectivity index (χ1n) is 5.65. The first kappa shape index (κ1) is 9.97. The predicted molar refractivity (Wildman–Crippen MR) is 71.8 cm³/mol. The number of benzene rings is 1. The zero-order chi connectivity index (χ0) is 11.7. The van der Waals surface area contributed by atoms with Gasteiger partial charge in [-0.25, -0.2) is 0 Å². The summed E-state index contributed by atoms with van der Waals surface area (Å²) in [5.74, 6) is 0. The number of hydrogen-bond acceptors (Lipinski definition) is 2. The van der Waals surface area contributed by atoms with Crippen LogP contribution in [0.15, 0.2) is 48.8 Å². The van der Waals surface area contributed by atoms with E-state index < -0.39 is 0 Å². The van der Waals surface area contributed by atoms with Crippen LogP contribution in [-0.4, -0.2) is 9.97 Å². The molecule has 0 fully saturated rings. The molecule has 0 unspecified atom stereocenters.